The molecule has 2 rings (SSSR count). The predicted octanol–water partition coefficient (Wildman–Crippen LogP) is 2.33. The number of aliphatic hydroxyl groups is 1. The van der Waals surface area contributed by atoms with Crippen molar-refractivity contribution in [1.29, 1.82) is 0 Å². The maximum Gasteiger partial charge on any atom is 0.0925 e. The molecule has 0 unspecified atom stereocenters. The Morgan fingerprint density at radius 2 is 1.93 bits per heavy atom. The maximum absolute atomic E-state index is 10.0. The molecule has 2 heteroatoms. The lowest BCUT2D eigenvalue weighted by atomic mass is 9.85. The average molecular weight is 206 g/mol. The van der Waals surface area contributed by atoms with E-state index < -0.39 is 5.60 Å². The molecule has 2 nitrogen and oxygen atoms in total. The molecule has 82 valence electrons. The number of hydrogen-bond acceptors (Lipinski definition) is 2. The summed E-state index contributed by atoms with van der Waals surface area (Å²) in [5.74, 6) is 0.325. The monoisotopic (exact) mass is 206 g/mol. The summed E-state index contributed by atoms with van der Waals surface area (Å²) in [7, 11) is 0. The summed E-state index contributed by atoms with van der Waals surface area (Å²) >= 11 is 0. The molecule has 1 aromatic carbocycles. The largest absolute Gasteiger partial charge is 0.388 e. The van der Waals surface area contributed by atoms with Gasteiger partial charge in [0, 0.05) is 12.5 Å². The Morgan fingerprint density at radius 3 is 2.53 bits per heavy atom. The van der Waals surface area contributed by atoms with E-state index in [4.69, 9.17) is 4.74 Å². The van der Waals surface area contributed by atoms with Crippen molar-refractivity contribution in [2.45, 2.75) is 37.9 Å². The summed E-state index contributed by atoms with van der Waals surface area (Å²) in [5.41, 5.74) is 0.499. The molecule has 1 saturated heterocycles. The lowest BCUT2D eigenvalue weighted by molar-refractivity contribution is -0.0659. The second-order valence-electron chi connectivity index (χ2n) is 4.75. The zero-order valence-corrected chi connectivity index (χ0v) is 9.31. The first-order valence-electron chi connectivity index (χ1n) is 5.48. The van der Waals surface area contributed by atoms with Gasteiger partial charge in [-0.1, -0.05) is 30.3 Å². The van der Waals surface area contributed by atoms with Crippen LogP contribution in [0.2, 0.25) is 0 Å². The molecule has 0 amide bonds. The van der Waals surface area contributed by atoms with Crippen molar-refractivity contribution < 1.29 is 9.84 Å². The van der Waals surface area contributed by atoms with Crippen molar-refractivity contribution in [3.63, 3.8) is 0 Å². The van der Waals surface area contributed by atoms with Crippen LogP contribution in [-0.2, 0) is 4.74 Å². The van der Waals surface area contributed by atoms with Gasteiger partial charge in [0.05, 0.1) is 11.7 Å². The van der Waals surface area contributed by atoms with Crippen LogP contribution in [0, 0.1) is 0 Å². The van der Waals surface area contributed by atoms with Crippen LogP contribution >= 0.6 is 0 Å². The molecule has 1 fully saturated rings. The second-order valence-corrected chi connectivity index (χ2v) is 4.75. The summed E-state index contributed by atoms with van der Waals surface area (Å²) in [6, 6.07) is 10.3. The van der Waals surface area contributed by atoms with E-state index in [9.17, 15) is 5.11 Å². The Balaban J connectivity index is 2.23. The van der Waals surface area contributed by atoms with Crippen LogP contribution in [0.4, 0.5) is 0 Å². The SMILES string of the molecule is CC(C)(O)[C@H]1OCC[C@@H]1c1ccccc1. The summed E-state index contributed by atoms with van der Waals surface area (Å²) in [6.45, 7) is 4.38. The van der Waals surface area contributed by atoms with Crippen molar-refractivity contribution in [2.24, 2.45) is 0 Å². The standard InChI is InChI=1S/C13H18O2/c1-13(2,14)12-11(8-9-15-12)10-6-4-3-5-7-10/h3-7,11-12,14H,8-9H2,1-2H3/t11-,12+/m1/s1. The minimum atomic E-state index is -0.767. The molecule has 1 N–H and O–H groups in total. The van der Waals surface area contributed by atoms with Gasteiger partial charge in [0.2, 0.25) is 0 Å². The molecule has 0 bridgehead atoms. The molecule has 0 radical (unpaired) electrons. The Bertz CT molecular complexity index is 313. The van der Waals surface area contributed by atoms with E-state index in [1.165, 1.54) is 5.56 Å². The molecular formula is C13H18O2. The highest BCUT2D eigenvalue weighted by Crippen LogP contribution is 2.36. The van der Waals surface area contributed by atoms with Crippen LogP contribution in [0.1, 0.15) is 31.7 Å². The van der Waals surface area contributed by atoms with Gasteiger partial charge in [-0.3, -0.25) is 0 Å². The second kappa shape index (κ2) is 3.95. The number of hydrogen-bond donors (Lipinski definition) is 1. The molecule has 1 heterocycles. The molecule has 1 aliphatic heterocycles. The molecule has 0 aliphatic carbocycles. The van der Waals surface area contributed by atoms with Crippen LogP contribution in [0.5, 0.6) is 0 Å². The van der Waals surface area contributed by atoms with Crippen molar-refractivity contribution in [2.75, 3.05) is 6.61 Å². The van der Waals surface area contributed by atoms with Gasteiger partial charge in [0.15, 0.2) is 0 Å². The summed E-state index contributed by atoms with van der Waals surface area (Å²) in [4.78, 5) is 0. The molecule has 1 aromatic rings. The van der Waals surface area contributed by atoms with Gasteiger partial charge in [0.1, 0.15) is 0 Å². The quantitative estimate of drug-likeness (QED) is 0.804. The number of ether oxygens (including phenoxy) is 1. The fourth-order valence-corrected chi connectivity index (χ4v) is 2.33. The van der Waals surface area contributed by atoms with Crippen molar-refractivity contribution >= 4 is 0 Å². The minimum absolute atomic E-state index is 0.0834. The van der Waals surface area contributed by atoms with Crippen molar-refractivity contribution in [3.8, 4) is 0 Å². The maximum atomic E-state index is 10.0. The van der Waals surface area contributed by atoms with Crippen LogP contribution in [0.3, 0.4) is 0 Å². The summed E-state index contributed by atoms with van der Waals surface area (Å²) in [5, 5.41) is 10.0. The van der Waals surface area contributed by atoms with E-state index in [0.717, 1.165) is 13.0 Å². The van der Waals surface area contributed by atoms with Crippen molar-refractivity contribution in [1.82, 2.24) is 0 Å². The molecule has 1 aliphatic rings. The first kappa shape index (κ1) is 10.7. The Kier molecular flexibility index (Phi) is 2.81. The molecule has 2 atom stereocenters. The number of rotatable bonds is 2. The number of benzene rings is 1. The van der Waals surface area contributed by atoms with Crippen LogP contribution in [0.25, 0.3) is 0 Å². The fraction of sp³-hybridized carbons (Fsp3) is 0.538. The Hall–Kier alpha value is -0.860. The van der Waals surface area contributed by atoms with E-state index >= 15 is 0 Å². The third kappa shape index (κ3) is 2.21. The third-order valence-electron chi connectivity index (χ3n) is 3.02. The van der Waals surface area contributed by atoms with Gasteiger partial charge in [-0.05, 0) is 25.8 Å². The highest BCUT2D eigenvalue weighted by molar-refractivity contribution is 5.22. The molecule has 0 saturated carbocycles. The lowest BCUT2D eigenvalue weighted by Gasteiger charge is -2.30. The summed E-state index contributed by atoms with van der Waals surface area (Å²) in [6.07, 6.45) is 0.915. The smallest absolute Gasteiger partial charge is 0.0925 e. The average Bonchev–Trinajstić information content (AvgIpc) is 2.67. The zero-order valence-electron chi connectivity index (χ0n) is 9.31. The lowest BCUT2D eigenvalue weighted by Crippen LogP contribution is -2.38. The molecule has 0 aromatic heterocycles. The molecular weight excluding hydrogens is 188 g/mol. The van der Waals surface area contributed by atoms with Crippen LogP contribution in [-0.4, -0.2) is 23.4 Å². The highest BCUT2D eigenvalue weighted by Gasteiger charge is 2.39. The zero-order chi connectivity index (χ0) is 10.9. The third-order valence-corrected chi connectivity index (χ3v) is 3.02. The fourth-order valence-electron chi connectivity index (χ4n) is 2.33. The normalized spacial score (nSPS) is 26.9. The minimum Gasteiger partial charge on any atom is -0.388 e. The molecule has 0 spiro atoms. The van der Waals surface area contributed by atoms with Crippen LogP contribution in [0.15, 0.2) is 30.3 Å². The predicted molar refractivity (Wildman–Crippen MR) is 59.8 cm³/mol. The highest BCUT2D eigenvalue weighted by atomic mass is 16.5. The summed E-state index contributed by atoms with van der Waals surface area (Å²) < 4.78 is 5.63. The molecule has 15 heavy (non-hydrogen) atoms. The van der Waals surface area contributed by atoms with E-state index in [-0.39, 0.29) is 6.10 Å². The van der Waals surface area contributed by atoms with Crippen LogP contribution < -0.4 is 0 Å². The van der Waals surface area contributed by atoms with Gasteiger partial charge in [-0.25, -0.2) is 0 Å². The van der Waals surface area contributed by atoms with E-state index in [2.05, 4.69) is 12.1 Å². The Labute approximate surface area is 90.9 Å². The first-order valence-corrected chi connectivity index (χ1v) is 5.48. The van der Waals surface area contributed by atoms with E-state index in [1.54, 1.807) is 0 Å². The van der Waals surface area contributed by atoms with Crippen molar-refractivity contribution in [3.05, 3.63) is 35.9 Å². The topological polar surface area (TPSA) is 29.5 Å². The first-order chi connectivity index (χ1) is 7.09. The van der Waals surface area contributed by atoms with Gasteiger partial charge >= 0.3 is 0 Å². The van der Waals surface area contributed by atoms with Gasteiger partial charge in [0.25, 0.3) is 0 Å². The van der Waals surface area contributed by atoms with Gasteiger partial charge < -0.3 is 9.84 Å². The van der Waals surface area contributed by atoms with E-state index in [1.807, 2.05) is 32.0 Å². The Morgan fingerprint density at radius 1 is 1.27 bits per heavy atom. The van der Waals surface area contributed by atoms with E-state index in [0.29, 0.717) is 5.92 Å². The van der Waals surface area contributed by atoms with Gasteiger partial charge in [-0.2, -0.15) is 0 Å². The van der Waals surface area contributed by atoms with Gasteiger partial charge in [-0.15, -0.1) is 0 Å².